The fourth-order valence-corrected chi connectivity index (χ4v) is 2.45. The average Bonchev–Trinajstić information content (AvgIpc) is 2.46. The molecular weight excluding hydrogens is 362 g/mol. The first-order valence-corrected chi connectivity index (χ1v) is 7.13. The zero-order valence-electron chi connectivity index (χ0n) is 10.8. The number of halogens is 2. The van der Waals surface area contributed by atoms with Gasteiger partial charge >= 0.3 is 5.69 Å². The summed E-state index contributed by atoms with van der Waals surface area (Å²) in [6.45, 7) is -0.148. The lowest BCUT2D eigenvalue weighted by atomic mass is 10.2. The van der Waals surface area contributed by atoms with Crippen molar-refractivity contribution in [2.75, 3.05) is 0 Å². The fourth-order valence-electron chi connectivity index (χ4n) is 1.72. The molecule has 0 bridgehead atoms. The minimum absolute atomic E-state index is 0.116. The Bertz CT molecular complexity index is 678. The number of rotatable bonds is 5. The lowest BCUT2D eigenvalue weighted by Crippen LogP contribution is -2.00. The van der Waals surface area contributed by atoms with E-state index < -0.39 is 4.92 Å². The molecule has 110 valence electrons. The Morgan fingerprint density at radius 2 is 2.05 bits per heavy atom. The summed E-state index contributed by atoms with van der Waals surface area (Å²) in [5.41, 5.74) is 0.992. The van der Waals surface area contributed by atoms with E-state index in [9.17, 15) is 10.1 Å². The summed E-state index contributed by atoms with van der Waals surface area (Å²) in [7, 11) is 0. The minimum atomic E-state index is -0.544. The van der Waals surface area contributed by atoms with Gasteiger partial charge in [0, 0.05) is 21.1 Å². The van der Waals surface area contributed by atoms with Crippen LogP contribution in [-0.2, 0) is 13.2 Å². The molecule has 0 aromatic heterocycles. The second kappa shape index (κ2) is 6.89. The number of aliphatic hydroxyl groups excluding tert-OH is 1. The highest BCUT2D eigenvalue weighted by atomic mass is 79.9. The maximum atomic E-state index is 11.0. The molecule has 0 atom stereocenters. The molecule has 7 heteroatoms. The molecule has 0 fully saturated rings. The maximum Gasteiger partial charge on any atom is 0.311 e. The van der Waals surface area contributed by atoms with Crippen LogP contribution in [0.15, 0.2) is 40.9 Å². The fraction of sp³-hybridized carbons (Fsp3) is 0.143. The highest BCUT2D eigenvalue weighted by Gasteiger charge is 2.16. The van der Waals surface area contributed by atoms with Gasteiger partial charge in [0.1, 0.15) is 6.61 Å². The van der Waals surface area contributed by atoms with E-state index in [0.29, 0.717) is 10.6 Å². The molecule has 0 amide bonds. The summed E-state index contributed by atoms with van der Waals surface area (Å²) in [6, 6.07) is 9.65. The Labute approximate surface area is 134 Å². The van der Waals surface area contributed by atoms with E-state index in [1.54, 1.807) is 18.2 Å². The standard InChI is InChI=1S/C14H11BrClNO4/c15-11-3-2-10(12(16)6-11)8-21-14-4-1-9(7-18)5-13(14)17(19)20/h1-6,18H,7-8H2. The molecule has 0 heterocycles. The van der Waals surface area contributed by atoms with Crippen molar-refractivity contribution in [2.45, 2.75) is 13.2 Å². The highest BCUT2D eigenvalue weighted by Crippen LogP contribution is 2.30. The number of nitrogens with zero attached hydrogens (tertiary/aromatic N) is 1. The van der Waals surface area contributed by atoms with Gasteiger partial charge in [-0.1, -0.05) is 39.7 Å². The Balaban J connectivity index is 2.21. The number of benzene rings is 2. The Morgan fingerprint density at radius 1 is 1.29 bits per heavy atom. The molecular formula is C14H11BrClNO4. The van der Waals surface area contributed by atoms with Crippen LogP contribution >= 0.6 is 27.5 Å². The van der Waals surface area contributed by atoms with E-state index >= 15 is 0 Å². The van der Waals surface area contributed by atoms with Gasteiger partial charge < -0.3 is 9.84 Å². The van der Waals surface area contributed by atoms with E-state index in [0.717, 1.165) is 10.0 Å². The van der Waals surface area contributed by atoms with E-state index in [1.165, 1.54) is 12.1 Å². The Hall–Kier alpha value is -1.63. The van der Waals surface area contributed by atoms with Crippen LogP contribution in [0.1, 0.15) is 11.1 Å². The zero-order chi connectivity index (χ0) is 15.4. The van der Waals surface area contributed by atoms with Gasteiger partial charge in [-0.25, -0.2) is 0 Å². The molecule has 0 unspecified atom stereocenters. The number of hydrogen-bond donors (Lipinski definition) is 1. The van der Waals surface area contributed by atoms with Crippen molar-refractivity contribution in [3.05, 3.63) is 67.1 Å². The third-order valence-electron chi connectivity index (χ3n) is 2.80. The predicted molar refractivity (Wildman–Crippen MR) is 82.5 cm³/mol. The van der Waals surface area contributed by atoms with Crippen LogP contribution in [0.5, 0.6) is 5.75 Å². The zero-order valence-corrected chi connectivity index (χ0v) is 13.1. The van der Waals surface area contributed by atoms with Crippen LogP contribution < -0.4 is 4.74 Å². The van der Waals surface area contributed by atoms with Gasteiger partial charge in [-0.2, -0.15) is 0 Å². The number of nitro groups is 1. The first-order chi connectivity index (χ1) is 10.0. The Kier molecular flexibility index (Phi) is 5.17. The molecule has 0 saturated carbocycles. The Morgan fingerprint density at radius 3 is 2.67 bits per heavy atom. The topological polar surface area (TPSA) is 72.6 Å². The van der Waals surface area contributed by atoms with Crippen molar-refractivity contribution in [2.24, 2.45) is 0 Å². The molecule has 2 aromatic carbocycles. The second-order valence-corrected chi connectivity index (χ2v) is 5.56. The van der Waals surface area contributed by atoms with E-state index in [4.69, 9.17) is 21.4 Å². The van der Waals surface area contributed by atoms with Crippen molar-refractivity contribution in [1.29, 1.82) is 0 Å². The average molecular weight is 373 g/mol. The van der Waals surface area contributed by atoms with Gasteiger partial charge in [0.2, 0.25) is 0 Å². The summed E-state index contributed by atoms with van der Waals surface area (Å²) < 4.78 is 6.32. The summed E-state index contributed by atoms with van der Waals surface area (Å²) in [5, 5.41) is 20.6. The number of aliphatic hydroxyl groups is 1. The van der Waals surface area contributed by atoms with Crippen molar-refractivity contribution >= 4 is 33.2 Å². The molecule has 2 aromatic rings. The third kappa shape index (κ3) is 3.93. The molecule has 0 aliphatic heterocycles. The first kappa shape index (κ1) is 15.8. The molecule has 21 heavy (non-hydrogen) atoms. The molecule has 0 saturated heterocycles. The summed E-state index contributed by atoms with van der Waals surface area (Å²) in [5.74, 6) is 0.135. The molecule has 0 radical (unpaired) electrons. The van der Waals surface area contributed by atoms with Gasteiger partial charge in [-0.15, -0.1) is 0 Å². The summed E-state index contributed by atoms with van der Waals surface area (Å²) in [4.78, 5) is 10.5. The molecule has 1 N–H and O–H groups in total. The van der Waals surface area contributed by atoms with Crippen LogP contribution in [0.4, 0.5) is 5.69 Å². The smallest absolute Gasteiger partial charge is 0.311 e. The summed E-state index contributed by atoms with van der Waals surface area (Å²) >= 11 is 9.37. The lowest BCUT2D eigenvalue weighted by molar-refractivity contribution is -0.386. The van der Waals surface area contributed by atoms with Crippen LogP contribution in [0, 0.1) is 10.1 Å². The van der Waals surface area contributed by atoms with Gasteiger partial charge in [0.25, 0.3) is 0 Å². The molecule has 5 nitrogen and oxygen atoms in total. The first-order valence-electron chi connectivity index (χ1n) is 5.96. The lowest BCUT2D eigenvalue weighted by Gasteiger charge is -2.09. The maximum absolute atomic E-state index is 11.0. The predicted octanol–water partition coefficient (Wildman–Crippen LogP) is 4.08. The number of hydrogen-bond acceptors (Lipinski definition) is 4. The van der Waals surface area contributed by atoms with E-state index in [-0.39, 0.29) is 24.7 Å². The highest BCUT2D eigenvalue weighted by molar-refractivity contribution is 9.10. The minimum Gasteiger partial charge on any atom is -0.482 e. The quantitative estimate of drug-likeness (QED) is 0.634. The van der Waals surface area contributed by atoms with Gasteiger partial charge in [0.05, 0.1) is 11.5 Å². The van der Waals surface area contributed by atoms with Crippen LogP contribution in [0.2, 0.25) is 5.02 Å². The van der Waals surface area contributed by atoms with Gasteiger partial charge in [0.15, 0.2) is 5.75 Å². The largest absolute Gasteiger partial charge is 0.482 e. The molecule has 2 rings (SSSR count). The van der Waals surface area contributed by atoms with E-state index in [1.807, 2.05) is 6.07 Å². The monoisotopic (exact) mass is 371 g/mol. The second-order valence-electron chi connectivity index (χ2n) is 4.24. The van der Waals surface area contributed by atoms with Crippen LogP contribution in [0.3, 0.4) is 0 Å². The van der Waals surface area contributed by atoms with E-state index in [2.05, 4.69) is 15.9 Å². The van der Waals surface area contributed by atoms with Crippen molar-refractivity contribution in [3.63, 3.8) is 0 Å². The van der Waals surface area contributed by atoms with Crippen molar-refractivity contribution < 1.29 is 14.8 Å². The number of nitro benzene ring substituents is 1. The van der Waals surface area contributed by atoms with Crippen LogP contribution in [0.25, 0.3) is 0 Å². The van der Waals surface area contributed by atoms with Gasteiger partial charge in [-0.05, 0) is 23.8 Å². The number of ether oxygens (including phenoxy) is 1. The SMILES string of the molecule is O=[N+]([O-])c1cc(CO)ccc1OCc1ccc(Br)cc1Cl. The normalized spacial score (nSPS) is 10.4. The third-order valence-corrected chi connectivity index (χ3v) is 3.65. The van der Waals surface area contributed by atoms with Gasteiger partial charge in [-0.3, -0.25) is 10.1 Å². The van der Waals surface area contributed by atoms with Crippen LogP contribution in [-0.4, -0.2) is 10.0 Å². The summed E-state index contributed by atoms with van der Waals surface area (Å²) in [6.07, 6.45) is 0. The van der Waals surface area contributed by atoms with Crippen molar-refractivity contribution in [3.8, 4) is 5.75 Å². The molecule has 0 aliphatic rings. The molecule has 0 spiro atoms. The van der Waals surface area contributed by atoms with Crippen molar-refractivity contribution in [1.82, 2.24) is 0 Å². The molecule has 0 aliphatic carbocycles.